The number of para-hydroxylation sites is 1. The number of carbonyl (C=O) groups is 1. The lowest BCUT2D eigenvalue weighted by Crippen LogP contribution is -2.23. The molecule has 5 aromatic rings. The first-order valence-electron chi connectivity index (χ1n) is 10.5. The van der Waals surface area contributed by atoms with Crippen molar-refractivity contribution in [1.29, 1.82) is 0 Å². The zero-order chi connectivity index (χ0) is 25.2. The van der Waals surface area contributed by atoms with Crippen LogP contribution in [0.5, 0.6) is 0 Å². The largest absolute Gasteiger partial charge is 0.301 e. The molecule has 0 atom stereocenters. The van der Waals surface area contributed by atoms with E-state index in [0.717, 1.165) is 23.0 Å². The standard InChI is InChI=1S/C25H15Cl3N4O2S2/c26-15-9-16(27)11-17(10-15)32-23(34)18-7-4-8-19(28)22(18)31-25(32)36-13-21(33)30-24-29-20(12-35-24)14-5-2-1-3-6-14/h1-12H,13H2,(H,29,30,33). The molecule has 0 spiro atoms. The number of hydrogen-bond acceptors (Lipinski definition) is 6. The van der Waals surface area contributed by atoms with Crippen LogP contribution >= 0.6 is 57.9 Å². The third-order valence-electron chi connectivity index (χ3n) is 5.08. The SMILES string of the molecule is O=C(CSc1nc2c(Cl)cccc2c(=O)n1-c1cc(Cl)cc(Cl)c1)Nc1nc(-c2ccccc2)cs1. The number of halogens is 3. The minimum absolute atomic E-state index is 0.0169. The van der Waals surface area contributed by atoms with Crippen molar-refractivity contribution in [3.05, 3.63) is 97.5 Å². The highest BCUT2D eigenvalue weighted by atomic mass is 35.5. The number of hydrogen-bond donors (Lipinski definition) is 1. The van der Waals surface area contributed by atoms with E-state index >= 15 is 0 Å². The van der Waals surface area contributed by atoms with Crippen molar-refractivity contribution in [3.8, 4) is 16.9 Å². The predicted molar refractivity (Wildman–Crippen MR) is 149 cm³/mol. The molecule has 0 saturated heterocycles. The number of fused-ring (bicyclic) bond motifs is 1. The summed E-state index contributed by atoms with van der Waals surface area (Å²) in [6.07, 6.45) is 0. The molecule has 0 aliphatic heterocycles. The summed E-state index contributed by atoms with van der Waals surface area (Å²) < 4.78 is 1.38. The molecule has 11 heteroatoms. The predicted octanol–water partition coefficient (Wildman–Crippen LogP) is 7.20. The molecule has 5 rings (SSSR count). The molecule has 36 heavy (non-hydrogen) atoms. The van der Waals surface area contributed by atoms with Gasteiger partial charge in [-0.3, -0.25) is 14.2 Å². The van der Waals surface area contributed by atoms with Crippen molar-refractivity contribution in [3.63, 3.8) is 0 Å². The molecular weight excluding hydrogens is 559 g/mol. The molecule has 0 radical (unpaired) electrons. The molecular formula is C25H15Cl3N4O2S2. The van der Waals surface area contributed by atoms with Crippen molar-refractivity contribution >= 4 is 79.8 Å². The van der Waals surface area contributed by atoms with Crippen molar-refractivity contribution in [1.82, 2.24) is 14.5 Å². The Morgan fingerprint density at radius 3 is 2.47 bits per heavy atom. The second-order valence-corrected chi connectivity index (χ2v) is 10.6. The number of nitrogens with zero attached hydrogens (tertiary/aromatic N) is 3. The maximum Gasteiger partial charge on any atom is 0.266 e. The Hall–Kier alpha value is -2.88. The zero-order valence-electron chi connectivity index (χ0n) is 18.2. The van der Waals surface area contributed by atoms with Gasteiger partial charge in [0.15, 0.2) is 10.3 Å². The van der Waals surface area contributed by atoms with Crippen LogP contribution in [0.4, 0.5) is 5.13 Å². The third-order valence-corrected chi connectivity index (χ3v) is 7.51. The monoisotopic (exact) mass is 572 g/mol. The van der Waals surface area contributed by atoms with Crippen LogP contribution in [0, 0.1) is 0 Å². The van der Waals surface area contributed by atoms with Gasteiger partial charge >= 0.3 is 0 Å². The minimum atomic E-state index is -0.351. The number of amides is 1. The van der Waals surface area contributed by atoms with E-state index in [1.54, 1.807) is 36.4 Å². The number of carbonyl (C=O) groups excluding carboxylic acids is 1. The van der Waals surface area contributed by atoms with Gasteiger partial charge in [-0.2, -0.15) is 0 Å². The summed E-state index contributed by atoms with van der Waals surface area (Å²) in [5.74, 6) is -0.310. The lowest BCUT2D eigenvalue weighted by molar-refractivity contribution is -0.113. The number of nitrogens with one attached hydrogen (secondary N) is 1. The summed E-state index contributed by atoms with van der Waals surface area (Å²) in [6, 6.07) is 19.5. The quantitative estimate of drug-likeness (QED) is 0.172. The lowest BCUT2D eigenvalue weighted by atomic mass is 10.2. The molecule has 0 saturated carbocycles. The van der Waals surface area contributed by atoms with E-state index in [0.29, 0.717) is 36.8 Å². The molecule has 0 aliphatic rings. The minimum Gasteiger partial charge on any atom is -0.301 e. The normalized spacial score (nSPS) is 11.1. The smallest absolute Gasteiger partial charge is 0.266 e. The Morgan fingerprint density at radius 2 is 1.72 bits per heavy atom. The van der Waals surface area contributed by atoms with E-state index < -0.39 is 0 Å². The first kappa shape index (κ1) is 24.8. The summed E-state index contributed by atoms with van der Waals surface area (Å²) in [5.41, 5.74) is 2.17. The highest BCUT2D eigenvalue weighted by Gasteiger charge is 2.18. The van der Waals surface area contributed by atoms with Gasteiger partial charge in [0.25, 0.3) is 5.56 Å². The molecule has 1 N–H and O–H groups in total. The van der Waals surface area contributed by atoms with Crippen LogP contribution in [0.25, 0.3) is 27.8 Å². The van der Waals surface area contributed by atoms with Crippen molar-refractivity contribution in [2.75, 3.05) is 11.1 Å². The average Bonchev–Trinajstić information content (AvgIpc) is 3.32. The third kappa shape index (κ3) is 5.28. The molecule has 1 amide bonds. The van der Waals surface area contributed by atoms with Crippen LogP contribution in [0.3, 0.4) is 0 Å². The Bertz CT molecular complexity index is 1630. The van der Waals surface area contributed by atoms with E-state index in [-0.39, 0.29) is 22.4 Å². The summed E-state index contributed by atoms with van der Waals surface area (Å²) in [5, 5.41) is 6.84. The first-order valence-corrected chi connectivity index (χ1v) is 13.5. The van der Waals surface area contributed by atoms with Gasteiger partial charge in [0.1, 0.15) is 0 Å². The van der Waals surface area contributed by atoms with Gasteiger partial charge in [0.05, 0.1) is 33.1 Å². The van der Waals surface area contributed by atoms with Gasteiger partial charge in [0, 0.05) is 21.0 Å². The van der Waals surface area contributed by atoms with Gasteiger partial charge in [-0.25, -0.2) is 9.97 Å². The van der Waals surface area contributed by atoms with Crippen molar-refractivity contribution in [2.45, 2.75) is 5.16 Å². The fraction of sp³-hybridized carbons (Fsp3) is 0.0400. The van der Waals surface area contributed by atoms with Crippen LogP contribution < -0.4 is 10.9 Å². The van der Waals surface area contributed by atoms with Crippen LogP contribution in [0.15, 0.2) is 82.1 Å². The number of rotatable bonds is 6. The maximum absolute atomic E-state index is 13.5. The number of thiazole rings is 1. The fourth-order valence-corrected chi connectivity index (χ4v) is 5.78. The highest BCUT2D eigenvalue weighted by molar-refractivity contribution is 7.99. The van der Waals surface area contributed by atoms with Crippen LogP contribution in [-0.2, 0) is 4.79 Å². The maximum atomic E-state index is 13.5. The van der Waals surface area contributed by atoms with E-state index in [1.807, 2.05) is 35.7 Å². The van der Waals surface area contributed by atoms with E-state index in [1.165, 1.54) is 15.9 Å². The Morgan fingerprint density at radius 1 is 0.972 bits per heavy atom. The molecule has 0 bridgehead atoms. The second kappa shape index (κ2) is 10.6. The molecule has 2 heterocycles. The molecule has 6 nitrogen and oxygen atoms in total. The average molecular weight is 574 g/mol. The van der Waals surface area contributed by atoms with Crippen LogP contribution in [0.2, 0.25) is 15.1 Å². The molecule has 0 unspecified atom stereocenters. The molecule has 0 fully saturated rings. The number of benzene rings is 3. The fourth-order valence-electron chi connectivity index (χ4n) is 3.51. The molecule has 180 valence electrons. The molecule has 0 aliphatic carbocycles. The topological polar surface area (TPSA) is 76.9 Å². The number of thioether (sulfide) groups is 1. The van der Waals surface area contributed by atoms with Gasteiger partial charge in [-0.05, 0) is 30.3 Å². The summed E-state index contributed by atoms with van der Waals surface area (Å²) in [7, 11) is 0. The Labute approximate surface area is 228 Å². The lowest BCUT2D eigenvalue weighted by Gasteiger charge is -2.14. The zero-order valence-corrected chi connectivity index (χ0v) is 22.1. The van der Waals surface area contributed by atoms with Crippen LogP contribution in [0.1, 0.15) is 0 Å². The van der Waals surface area contributed by atoms with Gasteiger partial charge in [-0.1, -0.05) is 83.0 Å². The highest BCUT2D eigenvalue weighted by Crippen LogP contribution is 2.29. The van der Waals surface area contributed by atoms with E-state index in [9.17, 15) is 9.59 Å². The first-order chi connectivity index (χ1) is 17.4. The molecule has 3 aromatic carbocycles. The van der Waals surface area contributed by atoms with Crippen molar-refractivity contribution < 1.29 is 4.79 Å². The Kier molecular flexibility index (Phi) is 7.32. The second-order valence-electron chi connectivity index (χ2n) is 7.54. The van der Waals surface area contributed by atoms with E-state index in [4.69, 9.17) is 34.8 Å². The van der Waals surface area contributed by atoms with Crippen molar-refractivity contribution in [2.24, 2.45) is 0 Å². The van der Waals surface area contributed by atoms with Gasteiger partial charge in [-0.15, -0.1) is 11.3 Å². The summed E-state index contributed by atoms with van der Waals surface area (Å²) in [4.78, 5) is 35.3. The van der Waals surface area contributed by atoms with Crippen LogP contribution in [-0.4, -0.2) is 26.2 Å². The van der Waals surface area contributed by atoms with Gasteiger partial charge in [0.2, 0.25) is 5.91 Å². The van der Waals surface area contributed by atoms with E-state index in [2.05, 4.69) is 15.3 Å². The summed E-state index contributed by atoms with van der Waals surface area (Å²) in [6.45, 7) is 0. The Balaban J connectivity index is 1.44. The summed E-state index contributed by atoms with van der Waals surface area (Å²) >= 11 is 21.1. The van der Waals surface area contributed by atoms with Gasteiger partial charge < -0.3 is 5.32 Å². The number of anilines is 1. The molecule has 2 aromatic heterocycles. The number of aromatic nitrogens is 3.